The van der Waals surface area contributed by atoms with Crippen LogP contribution in [0.5, 0.6) is 0 Å². The zero-order chi connectivity index (χ0) is 15.4. The lowest BCUT2D eigenvalue weighted by Gasteiger charge is -2.37. The van der Waals surface area contributed by atoms with E-state index in [9.17, 15) is 13.5 Å². The predicted molar refractivity (Wildman–Crippen MR) is 82.0 cm³/mol. The summed E-state index contributed by atoms with van der Waals surface area (Å²) in [7, 11) is 1.79. The lowest BCUT2D eigenvalue weighted by molar-refractivity contribution is 0.122. The van der Waals surface area contributed by atoms with Crippen molar-refractivity contribution >= 4 is 19.6 Å². The number of hydrogen-bond donors (Lipinski definition) is 2. The molecule has 0 rings (SSSR count). The third-order valence-electron chi connectivity index (χ3n) is 3.74. The van der Waals surface area contributed by atoms with Crippen LogP contribution < -0.4 is 5.09 Å². The minimum atomic E-state index is -3.57. The molecule has 0 aromatic rings. The van der Waals surface area contributed by atoms with Gasteiger partial charge in [-0.2, -0.15) is 17.0 Å². The third-order valence-corrected chi connectivity index (χ3v) is 6.39. The maximum absolute atomic E-state index is 12.4. The van der Waals surface area contributed by atoms with Crippen LogP contribution in [0, 0.1) is 0 Å². The lowest BCUT2D eigenvalue weighted by atomic mass is 10.0. The fourth-order valence-corrected chi connectivity index (χ4v) is 3.11. The van der Waals surface area contributed by atoms with Crippen molar-refractivity contribution in [1.29, 1.82) is 0 Å². The Balaban J connectivity index is 4.92. The highest BCUT2D eigenvalue weighted by atomic mass is 32.2. The summed E-state index contributed by atoms with van der Waals surface area (Å²) in [6, 6.07) is -0.202. The van der Waals surface area contributed by atoms with Crippen molar-refractivity contribution in [3.63, 3.8) is 0 Å². The van der Waals surface area contributed by atoms with Crippen LogP contribution in [0.4, 0.5) is 0 Å². The summed E-state index contributed by atoms with van der Waals surface area (Å²) >= 11 is 0. The Morgan fingerprint density at radius 3 is 2.21 bits per heavy atom. The summed E-state index contributed by atoms with van der Waals surface area (Å²) in [6.07, 6.45) is -0.0571. The molecule has 0 heterocycles. The van der Waals surface area contributed by atoms with Crippen LogP contribution in [-0.4, -0.2) is 60.5 Å². The Hall–Kier alpha value is 0.220. The molecule has 2 N–H and O–H groups in total. The van der Waals surface area contributed by atoms with Gasteiger partial charge in [-0.15, -0.1) is 0 Å². The van der Waals surface area contributed by atoms with Crippen molar-refractivity contribution in [1.82, 2.24) is 13.7 Å². The van der Waals surface area contributed by atoms with E-state index in [1.165, 1.54) is 15.7 Å². The van der Waals surface area contributed by atoms with Gasteiger partial charge in [-0.25, -0.2) is 0 Å². The van der Waals surface area contributed by atoms with Gasteiger partial charge in [0.1, 0.15) is 0 Å². The van der Waals surface area contributed by atoms with Crippen molar-refractivity contribution in [3.05, 3.63) is 0 Å². The largest absolute Gasteiger partial charge is 0.390 e. The van der Waals surface area contributed by atoms with Crippen molar-refractivity contribution in [2.75, 3.05) is 20.6 Å². The van der Waals surface area contributed by atoms with E-state index in [1.807, 2.05) is 20.8 Å². The van der Waals surface area contributed by atoms with Crippen LogP contribution in [0.3, 0.4) is 0 Å². The number of nitrogens with zero attached hydrogens (tertiary/aromatic N) is 2. The highest BCUT2D eigenvalue weighted by Gasteiger charge is 2.35. The van der Waals surface area contributed by atoms with E-state index in [1.54, 1.807) is 14.0 Å². The molecule has 0 aromatic heterocycles. The SMILES string of the molecule is CCC(C)(C)N(C)S(=O)(=O)N(C)CC(O)[C@H](C)NP. The Morgan fingerprint density at radius 2 is 1.84 bits per heavy atom. The molecule has 19 heavy (non-hydrogen) atoms. The molecule has 0 spiro atoms. The lowest BCUT2D eigenvalue weighted by Crippen LogP contribution is -2.52. The second kappa shape index (κ2) is 7.29. The summed E-state index contributed by atoms with van der Waals surface area (Å²) in [5.74, 6) is 0. The smallest absolute Gasteiger partial charge is 0.282 e. The van der Waals surface area contributed by atoms with Crippen molar-refractivity contribution in [2.45, 2.75) is 51.8 Å². The molecule has 0 saturated carbocycles. The number of nitrogens with one attached hydrogen (secondary N) is 1. The molecular weight excluding hydrogens is 285 g/mol. The number of aliphatic hydroxyl groups is 1. The molecule has 0 aliphatic carbocycles. The fourth-order valence-electron chi connectivity index (χ4n) is 1.37. The van der Waals surface area contributed by atoms with Crippen LogP contribution >= 0.6 is 9.39 Å². The summed E-state index contributed by atoms with van der Waals surface area (Å²) in [6.45, 7) is 7.54. The van der Waals surface area contributed by atoms with E-state index < -0.39 is 21.9 Å². The zero-order valence-corrected chi connectivity index (χ0v) is 14.7. The standard InChI is InChI=1S/C11H28N3O3PS/c1-7-11(3,4)14(6)19(16,17)13(5)8-10(15)9(2)12-18/h9-10,12,15H,7-8,18H2,1-6H3/t9-,10?/m0/s1. The average molecular weight is 313 g/mol. The van der Waals surface area contributed by atoms with Crippen molar-refractivity contribution < 1.29 is 13.5 Å². The quantitative estimate of drug-likeness (QED) is 0.637. The van der Waals surface area contributed by atoms with Crippen LogP contribution in [0.1, 0.15) is 34.1 Å². The van der Waals surface area contributed by atoms with Gasteiger partial charge in [0.2, 0.25) is 0 Å². The van der Waals surface area contributed by atoms with Gasteiger partial charge in [0.25, 0.3) is 10.2 Å². The minimum absolute atomic E-state index is 0.0506. The first-order valence-electron chi connectivity index (χ1n) is 6.35. The normalized spacial score (nSPS) is 16.9. The predicted octanol–water partition coefficient (Wildman–Crippen LogP) is 0.412. The Bertz CT molecular complexity index is 375. The molecule has 3 atom stereocenters. The van der Waals surface area contributed by atoms with Crippen LogP contribution in [-0.2, 0) is 10.2 Å². The van der Waals surface area contributed by atoms with Gasteiger partial charge in [0.05, 0.1) is 6.10 Å². The molecule has 6 nitrogen and oxygen atoms in total. The molecular formula is C11H28N3O3PS. The number of likely N-dealkylation sites (N-methyl/N-ethyl adjacent to an activating group) is 1. The molecule has 0 radical (unpaired) electrons. The number of hydrogen-bond acceptors (Lipinski definition) is 4. The number of aliphatic hydroxyl groups excluding tert-OH is 1. The van der Waals surface area contributed by atoms with Crippen LogP contribution in [0.2, 0.25) is 0 Å². The van der Waals surface area contributed by atoms with E-state index in [-0.39, 0.29) is 12.6 Å². The van der Waals surface area contributed by atoms with Gasteiger partial charge in [-0.05, 0) is 27.2 Å². The molecule has 8 heteroatoms. The van der Waals surface area contributed by atoms with Gasteiger partial charge >= 0.3 is 0 Å². The highest BCUT2D eigenvalue weighted by Crippen LogP contribution is 2.21. The van der Waals surface area contributed by atoms with Gasteiger partial charge in [0, 0.05) is 32.2 Å². The molecule has 0 saturated heterocycles. The summed E-state index contributed by atoms with van der Waals surface area (Å²) in [4.78, 5) is 0. The second-order valence-corrected chi connectivity index (χ2v) is 7.84. The first kappa shape index (κ1) is 19.2. The molecule has 0 fully saturated rings. The maximum atomic E-state index is 12.4. The van der Waals surface area contributed by atoms with Gasteiger partial charge < -0.3 is 5.11 Å². The molecule has 116 valence electrons. The fraction of sp³-hybridized carbons (Fsp3) is 1.00. The summed E-state index contributed by atoms with van der Waals surface area (Å²) < 4.78 is 27.3. The van der Waals surface area contributed by atoms with E-state index in [2.05, 4.69) is 14.5 Å². The molecule has 0 bridgehead atoms. The number of rotatable bonds is 8. The average Bonchev–Trinajstić information content (AvgIpc) is 2.36. The Labute approximate surface area is 120 Å². The topological polar surface area (TPSA) is 72.9 Å². The minimum Gasteiger partial charge on any atom is -0.390 e. The summed E-state index contributed by atoms with van der Waals surface area (Å²) in [5.41, 5.74) is -0.456. The Morgan fingerprint density at radius 1 is 1.37 bits per heavy atom. The van der Waals surface area contributed by atoms with E-state index in [0.29, 0.717) is 6.42 Å². The van der Waals surface area contributed by atoms with E-state index in [0.717, 1.165) is 0 Å². The first-order chi connectivity index (χ1) is 8.50. The zero-order valence-electron chi connectivity index (χ0n) is 12.7. The Kier molecular flexibility index (Phi) is 7.38. The van der Waals surface area contributed by atoms with E-state index in [4.69, 9.17) is 0 Å². The molecule has 0 amide bonds. The van der Waals surface area contributed by atoms with E-state index >= 15 is 0 Å². The molecule has 0 aliphatic heterocycles. The summed E-state index contributed by atoms with van der Waals surface area (Å²) in [5, 5.41) is 12.7. The van der Waals surface area contributed by atoms with Gasteiger partial charge in [0.15, 0.2) is 0 Å². The maximum Gasteiger partial charge on any atom is 0.282 e. The van der Waals surface area contributed by atoms with Crippen molar-refractivity contribution in [2.24, 2.45) is 0 Å². The van der Waals surface area contributed by atoms with Crippen molar-refractivity contribution in [3.8, 4) is 0 Å². The van der Waals surface area contributed by atoms with Crippen LogP contribution in [0.25, 0.3) is 0 Å². The molecule has 0 aliphatic rings. The van der Waals surface area contributed by atoms with Gasteiger partial charge in [-0.3, -0.25) is 5.09 Å². The monoisotopic (exact) mass is 313 g/mol. The first-order valence-corrected chi connectivity index (χ1v) is 8.32. The van der Waals surface area contributed by atoms with Crippen LogP contribution in [0.15, 0.2) is 0 Å². The second-order valence-electron chi connectivity index (χ2n) is 5.44. The van der Waals surface area contributed by atoms with Gasteiger partial charge in [-0.1, -0.05) is 16.3 Å². The third kappa shape index (κ3) is 4.92. The highest BCUT2D eigenvalue weighted by molar-refractivity contribution is 7.86. The molecule has 2 unspecified atom stereocenters. The molecule has 0 aromatic carbocycles.